The SMILES string of the molecule is CN(C1CC(CO)C(c2ccccc2)C1)S(=O)(=O)c1ccccc1. The van der Waals surface area contributed by atoms with Crippen molar-refractivity contribution in [3.05, 3.63) is 66.2 Å². The number of nitrogens with zero attached hydrogens (tertiary/aromatic N) is 1. The van der Waals surface area contributed by atoms with Crippen LogP contribution in [-0.4, -0.2) is 37.5 Å². The molecule has 5 heteroatoms. The summed E-state index contributed by atoms with van der Waals surface area (Å²) < 4.78 is 27.1. The first-order valence-corrected chi connectivity index (χ1v) is 9.67. The molecule has 0 aromatic heterocycles. The Bertz CT molecular complexity index is 762. The Morgan fingerprint density at radius 3 is 2.17 bits per heavy atom. The Labute approximate surface area is 143 Å². The van der Waals surface area contributed by atoms with Crippen LogP contribution in [0.2, 0.25) is 0 Å². The van der Waals surface area contributed by atoms with Gasteiger partial charge in [-0.3, -0.25) is 0 Å². The van der Waals surface area contributed by atoms with Crippen LogP contribution >= 0.6 is 0 Å². The fraction of sp³-hybridized carbons (Fsp3) is 0.368. The maximum Gasteiger partial charge on any atom is 0.243 e. The second kappa shape index (κ2) is 7.05. The molecule has 1 N–H and O–H groups in total. The van der Waals surface area contributed by atoms with Crippen molar-refractivity contribution in [2.24, 2.45) is 5.92 Å². The van der Waals surface area contributed by atoms with E-state index in [1.165, 1.54) is 9.87 Å². The van der Waals surface area contributed by atoms with E-state index in [1.807, 2.05) is 24.3 Å². The third-order valence-corrected chi connectivity index (χ3v) is 6.99. The van der Waals surface area contributed by atoms with Gasteiger partial charge in [-0.05, 0) is 42.4 Å². The molecular formula is C19H23NO3S. The predicted molar refractivity (Wildman–Crippen MR) is 94.2 cm³/mol. The second-order valence-corrected chi connectivity index (χ2v) is 8.42. The fourth-order valence-electron chi connectivity index (χ4n) is 3.66. The highest BCUT2D eigenvalue weighted by atomic mass is 32.2. The zero-order valence-corrected chi connectivity index (χ0v) is 14.6. The van der Waals surface area contributed by atoms with Crippen molar-refractivity contribution in [2.45, 2.75) is 29.7 Å². The fourth-order valence-corrected chi connectivity index (χ4v) is 5.06. The van der Waals surface area contributed by atoms with E-state index in [4.69, 9.17) is 0 Å². The standard InChI is InChI=1S/C19H23NO3S/c1-20(24(22,23)18-10-6-3-7-11-18)17-12-16(14-21)19(13-17)15-8-4-2-5-9-15/h2-11,16-17,19,21H,12-14H2,1H3. The number of aliphatic hydroxyl groups excluding tert-OH is 1. The number of sulfonamides is 1. The Morgan fingerprint density at radius 1 is 1.00 bits per heavy atom. The third-order valence-electron chi connectivity index (χ3n) is 5.07. The lowest BCUT2D eigenvalue weighted by atomic mass is 9.89. The molecule has 0 heterocycles. The van der Waals surface area contributed by atoms with Crippen LogP contribution < -0.4 is 0 Å². The highest BCUT2D eigenvalue weighted by Crippen LogP contribution is 2.42. The summed E-state index contributed by atoms with van der Waals surface area (Å²) in [5.41, 5.74) is 1.17. The van der Waals surface area contributed by atoms with Gasteiger partial charge in [0.1, 0.15) is 0 Å². The Balaban J connectivity index is 1.83. The summed E-state index contributed by atoms with van der Waals surface area (Å²) in [7, 11) is -1.86. The predicted octanol–water partition coefficient (Wildman–Crippen LogP) is 2.86. The van der Waals surface area contributed by atoms with E-state index in [-0.39, 0.29) is 24.5 Å². The molecule has 1 aliphatic rings. The Hall–Kier alpha value is -1.69. The topological polar surface area (TPSA) is 57.6 Å². The highest BCUT2D eigenvalue weighted by Gasteiger charge is 2.40. The molecule has 2 aromatic carbocycles. The molecule has 3 atom stereocenters. The molecule has 0 spiro atoms. The lowest BCUT2D eigenvalue weighted by Gasteiger charge is -2.24. The van der Waals surface area contributed by atoms with Crippen molar-refractivity contribution in [1.82, 2.24) is 4.31 Å². The van der Waals surface area contributed by atoms with Gasteiger partial charge in [0.15, 0.2) is 0 Å². The number of aliphatic hydroxyl groups is 1. The van der Waals surface area contributed by atoms with Gasteiger partial charge in [-0.25, -0.2) is 8.42 Å². The minimum Gasteiger partial charge on any atom is -0.396 e. The Morgan fingerprint density at radius 2 is 1.58 bits per heavy atom. The first-order chi connectivity index (χ1) is 11.5. The summed E-state index contributed by atoms with van der Waals surface area (Å²) in [6, 6.07) is 18.5. The van der Waals surface area contributed by atoms with Crippen LogP contribution in [0.3, 0.4) is 0 Å². The van der Waals surface area contributed by atoms with Gasteiger partial charge in [0.05, 0.1) is 4.90 Å². The van der Waals surface area contributed by atoms with Crippen LogP contribution in [0.1, 0.15) is 24.3 Å². The van der Waals surface area contributed by atoms with Gasteiger partial charge < -0.3 is 5.11 Å². The molecule has 24 heavy (non-hydrogen) atoms. The van der Waals surface area contributed by atoms with Gasteiger partial charge in [0.25, 0.3) is 0 Å². The number of benzene rings is 2. The summed E-state index contributed by atoms with van der Waals surface area (Å²) in [4.78, 5) is 0.316. The summed E-state index contributed by atoms with van der Waals surface area (Å²) in [5, 5.41) is 9.75. The molecular weight excluding hydrogens is 322 g/mol. The summed E-state index contributed by atoms with van der Waals surface area (Å²) >= 11 is 0. The van der Waals surface area contributed by atoms with Crippen LogP contribution in [0.4, 0.5) is 0 Å². The van der Waals surface area contributed by atoms with Gasteiger partial charge >= 0.3 is 0 Å². The summed E-state index contributed by atoms with van der Waals surface area (Å²) in [6.07, 6.45) is 1.41. The van der Waals surface area contributed by atoms with Gasteiger partial charge in [0.2, 0.25) is 10.0 Å². The van der Waals surface area contributed by atoms with Crippen molar-refractivity contribution in [2.75, 3.05) is 13.7 Å². The van der Waals surface area contributed by atoms with Crippen LogP contribution in [-0.2, 0) is 10.0 Å². The Kier molecular flexibility index (Phi) is 5.04. The molecule has 3 unspecified atom stereocenters. The molecule has 1 saturated carbocycles. The van der Waals surface area contributed by atoms with Gasteiger partial charge in [-0.2, -0.15) is 4.31 Å². The minimum atomic E-state index is -3.51. The zero-order chi connectivity index (χ0) is 17.2. The molecule has 0 aliphatic heterocycles. The molecule has 0 amide bonds. The molecule has 0 saturated heterocycles. The minimum absolute atomic E-state index is 0.0787. The highest BCUT2D eigenvalue weighted by molar-refractivity contribution is 7.89. The average molecular weight is 345 g/mol. The molecule has 3 rings (SSSR count). The maximum absolute atomic E-state index is 12.8. The quantitative estimate of drug-likeness (QED) is 0.906. The number of hydrogen-bond donors (Lipinski definition) is 1. The van der Waals surface area contributed by atoms with Crippen LogP contribution in [0.5, 0.6) is 0 Å². The van der Waals surface area contributed by atoms with Crippen molar-refractivity contribution in [1.29, 1.82) is 0 Å². The lowest BCUT2D eigenvalue weighted by Crippen LogP contribution is -2.35. The second-order valence-electron chi connectivity index (χ2n) is 6.42. The lowest BCUT2D eigenvalue weighted by molar-refractivity contribution is 0.213. The van der Waals surface area contributed by atoms with E-state index in [1.54, 1.807) is 31.3 Å². The number of hydrogen-bond acceptors (Lipinski definition) is 3. The van der Waals surface area contributed by atoms with Gasteiger partial charge in [0, 0.05) is 19.7 Å². The van der Waals surface area contributed by atoms with Crippen molar-refractivity contribution >= 4 is 10.0 Å². The molecule has 1 fully saturated rings. The van der Waals surface area contributed by atoms with E-state index < -0.39 is 10.0 Å². The smallest absolute Gasteiger partial charge is 0.243 e. The van der Waals surface area contributed by atoms with Gasteiger partial charge in [-0.15, -0.1) is 0 Å². The largest absolute Gasteiger partial charge is 0.396 e. The molecule has 1 aliphatic carbocycles. The van der Waals surface area contributed by atoms with Crippen molar-refractivity contribution in [3.63, 3.8) is 0 Å². The summed E-state index contributed by atoms with van der Waals surface area (Å²) in [6.45, 7) is 0.0787. The van der Waals surface area contributed by atoms with E-state index in [0.29, 0.717) is 11.3 Å². The van der Waals surface area contributed by atoms with Crippen LogP contribution in [0, 0.1) is 5.92 Å². The molecule has 4 nitrogen and oxygen atoms in total. The van der Waals surface area contributed by atoms with E-state index in [9.17, 15) is 13.5 Å². The van der Waals surface area contributed by atoms with E-state index in [0.717, 1.165) is 6.42 Å². The number of rotatable bonds is 5. The maximum atomic E-state index is 12.8. The summed E-state index contributed by atoms with van der Waals surface area (Å²) in [5.74, 6) is 0.278. The van der Waals surface area contributed by atoms with Gasteiger partial charge in [-0.1, -0.05) is 48.5 Å². The average Bonchev–Trinajstić information content (AvgIpc) is 3.06. The molecule has 2 aromatic rings. The normalized spacial score (nSPS) is 24.4. The van der Waals surface area contributed by atoms with E-state index >= 15 is 0 Å². The first kappa shape index (κ1) is 17.1. The molecule has 0 bridgehead atoms. The van der Waals surface area contributed by atoms with Crippen molar-refractivity contribution in [3.8, 4) is 0 Å². The molecule has 128 valence electrons. The first-order valence-electron chi connectivity index (χ1n) is 8.23. The van der Waals surface area contributed by atoms with Crippen LogP contribution in [0.25, 0.3) is 0 Å². The van der Waals surface area contributed by atoms with E-state index in [2.05, 4.69) is 12.1 Å². The molecule has 0 radical (unpaired) electrons. The zero-order valence-electron chi connectivity index (χ0n) is 13.7. The third kappa shape index (κ3) is 3.24. The van der Waals surface area contributed by atoms with Crippen molar-refractivity contribution < 1.29 is 13.5 Å². The monoisotopic (exact) mass is 345 g/mol. The van der Waals surface area contributed by atoms with Crippen LogP contribution in [0.15, 0.2) is 65.6 Å².